The van der Waals surface area contributed by atoms with Gasteiger partial charge in [-0.3, -0.25) is 0 Å². The summed E-state index contributed by atoms with van der Waals surface area (Å²) in [6.07, 6.45) is 7.63. The van der Waals surface area contributed by atoms with Crippen molar-refractivity contribution in [2.45, 2.75) is 62.4 Å². The van der Waals surface area contributed by atoms with Crippen LogP contribution in [0.5, 0.6) is 0 Å². The number of halogens is 1. The molecule has 5 rings (SSSR count). The molecule has 170 valence electrons. The Kier molecular flexibility index (Phi) is 6.47. The van der Waals surface area contributed by atoms with Crippen molar-refractivity contribution in [3.05, 3.63) is 42.3 Å². The number of aromatic nitrogens is 2. The fourth-order valence-electron chi connectivity index (χ4n) is 4.79. The van der Waals surface area contributed by atoms with Gasteiger partial charge in [0.25, 0.3) is 0 Å². The van der Waals surface area contributed by atoms with Crippen LogP contribution in [-0.4, -0.2) is 58.6 Å². The van der Waals surface area contributed by atoms with Crippen LogP contribution in [0.2, 0.25) is 0 Å². The van der Waals surface area contributed by atoms with Crippen LogP contribution in [-0.2, 0) is 9.47 Å². The third-order valence-electron chi connectivity index (χ3n) is 6.40. The standard InChI is InChI=1S/C23H28FN5O2S/c24-15-6-4-5-14(11-15)17-9-10-25-22(27-17)28-18-12-30-21-19(13-31-20(18)21)29-23(32)26-16-7-2-1-3-8-16/h4-6,9-11,16,18-21H,1-3,7-8,12-13H2,(H,25,27,28)(H2,26,29,32). The monoisotopic (exact) mass is 457 g/mol. The zero-order chi connectivity index (χ0) is 21.9. The lowest BCUT2D eigenvalue weighted by Crippen LogP contribution is -2.51. The van der Waals surface area contributed by atoms with Crippen LogP contribution >= 0.6 is 12.2 Å². The van der Waals surface area contributed by atoms with Gasteiger partial charge < -0.3 is 25.4 Å². The molecule has 4 unspecified atom stereocenters. The molecule has 0 spiro atoms. The molecule has 1 aromatic heterocycles. The highest BCUT2D eigenvalue weighted by molar-refractivity contribution is 7.80. The summed E-state index contributed by atoms with van der Waals surface area (Å²) < 4.78 is 25.7. The second-order valence-electron chi connectivity index (χ2n) is 8.68. The van der Waals surface area contributed by atoms with Crippen LogP contribution in [0.3, 0.4) is 0 Å². The molecular weight excluding hydrogens is 429 g/mol. The molecule has 3 heterocycles. The molecule has 0 amide bonds. The predicted molar refractivity (Wildman–Crippen MR) is 124 cm³/mol. The number of fused-ring (bicyclic) bond motifs is 1. The number of anilines is 1. The van der Waals surface area contributed by atoms with Crippen molar-refractivity contribution < 1.29 is 13.9 Å². The third-order valence-corrected chi connectivity index (χ3v) is 6.64. The molecule has 4 atom stereocenters. The summed E-state index contributed by atoms with van der Waals surface area (Å²) in [5.41, 5.74) is 1.36. The van der Waals surface area contributed by atoms with E-state index < -0.39 is 0 Å². The highest BCUT2D eigenvalue weighted by atomic mass is 32.1. The van der Waals surface area contributed by atoms with Gasteiger partial charge in [-0.25, -0.2) is 14.4 Å². The molecular formula is C23H28FN5O2S. The first-order chi connectivity index (χ1) is 15.7. The Hall–Kier alpha value is -2.36. The summed E-state index contributed by atoms with van der Waals surface area (Å²) in [5.74, 6) is 0.173. The van der Waals surface area contributed by atoms with E-state index in [1.165, 1.54) is 44.2 Å². The summed E-state index contributed by atoms with van der Waals surface area (Å²) >= 11 is 5.54. The lowest BCUT2D eigenvalue weighted by molar-refractivity contribution is 0.0688. The minimum Gasteiger partial charge on any atom is -0.371 e. The molecule has 3 aliphatic rings. The molecule has 3 N–H and O–H groups in total. The van der Waals surface area contributed by atoms with Gasteiger partial charge in [-0.1, -0.05) is 31.4 Å². The second kappa shape index (κ2) is 9.64. The van der Waals surface area contributed by atoms with E-state index in [-0.39, 0.29) is 30.1 Å². The average molecular weight is 458 g/mol. The first kappa shape index (κ1) is 21.5. The van der Waals surface area contributed by atoms with Gasteiger partial charge in [-0.15, -0.1) is 0 Å². The van der Waals surface area contributed by atoms with Crippen molar-refractivity contribution >= 4 is 23.3 Å². The molecule has 2 aliphatic heterocycles. The molecule has 1 saturated carbocycles. The van der Waals surface area contributed by atoms with Crippen molar-refractivity contribution in [1.29, 1.82) is 0 Å². The Morgan fingerprint density at radius 2 is 1.78 bits per heavy atom. The first-order valence-corrected chi connectivity index (χ1v) is 11.7. The quantitative estimate of drug-likeness (QED) is 0.592. The summed E-state index contributed by atoms with van der Waals surface area (Å²) in [7, 11) is 0. The minimum atomic E-state index is -0.295. The van der Waals surface area contributed by atoms with Crippen LogP contribution in [0.1, 0.15) is 32.1 Å². The highest BCUT2D eigenvalue weighted by Gasteiger charge is 2.48. The maximum Gasteiger partial charge on any atom is 0.223 e. The molecule has 0 radical (unpaired) electrons. The molecule has 2 saturated heterocycles. The van der Waals surface area contributed by atoms with Crippen LogP contribution in [0.15, 0.2) is 36.5 Å². The number of benzene rings is 1. The normalized spacial score (nSPS) is 27.7. The van der Waals surface area contributed by atoms with Gasteiger partial charge in [0.05, 0.1) is 31.0 Å². The van der Waals surface area contributed by atoms with E-state index in [1.807, 2.05) is 6.07 Å². The van der Waals surface area contributed by atoms with Crippen molar-refractivity contribution in [2.75, 3.05) is 18.5 Å². The van der Waals surface area contributed by atoms with E-state index in [1.54, 1.807) is 18.3 Å². The SMILES string of the molecule is Fc1cccc(-c2ccnc(NC3COC4C(NC(=S)NC5CCCCC5)COC34)n2)c1. The maximum atomic E-state index is 13.6. The Morgan fingerprint density at radius 3 is 2.59 bits per heavy atom. The van der Waals surface area contributed by atoms with E-state index in [0.29, 0.717) is 41.6 Å². The van der Waals surface area contributed by atoms with Gasteiger partial charge >= 0.3 is 0 Å². The number of nitrogens with zero attached hydrogens (tertiary/aromatic N) is 2. The lowest BCUT2D eigenvalue weighted by Gasteiger charge is -2.26. The summed E-state index contributed by atoms with van der Waals surface area (Å²) in [6, 6.07) is 8.53. The van der Waals surface area contributed by atoms with E-state index in [0.717, 1.165) is 0 Å². The Labute approximate surface area is 192 Å². The Balaban J connectivity index is 1.18. The largest absolute Gasteiger partial charge is 0.371 e. The molecule has 2 aromatic rings. The Bertz CT molecular complexity index is 957. The Morgan fingerprint density at radius 1 is 1.00 bits per heavy atom. The topological polar surface area (TPSA) is 80.3 Å². The molecule has 1 aliphatic carbocycles. The van der Waals surface area contributed by atoms with Gasteiger partial charge in [0, 0.05) is 17.8 Å². The number of hydrogen-bond donors (Lipinski definition) is 3. The van der Waals surface area contributed by atoms with Crippen molar-refractivity contribution in [2.24, 2.45) is 0 Å². The number of rotatable bonds is 5. The van der Waals surface area contributed by atoms with Crippen LogP contribution < -0.4 is 16.0 Å². The van der Waals surface area contributed by atoms with E-state index in [9.17, 15) is 4.39 Å². The van der Waals surface area contributed by atoms with Gasteiger partial charge in [0.1, 0.15) is 18.0 Å². The number of hydrogen-bond acceptors (Lipinski definition) is 6. The zero-order valence-corrected chi connectivity index (χ0v) is 18.6. The summed E-state index contributed by atoms with van der Waals surface area (Å²) in [4.78, 5) is 8.87. The smallest absolute Gasteiger partial charge is 0.223 e. The van der Waals surface area contributed by atoms with Crippen LogP contribution in [0.4, 0.5) is 10.3 Å². The third kappa shape index (κ3) is 4.84. The van der Waals surface area contributed by atoms with Crippen LogP contribution in [0.25, 0.3) is 11.3 Å². The summed E-state index contributed by atoms with van der Waals surface area (Å²) in [5, 5.41) is 10.9. The fraction of sp³-hybridized carbons (Fsp3) is 0.522. The average Bonchev–Trinajstić information content (AvgIpc) is 3.38. The molecule has 1 aromatic carbocycles. The highest BCUT2D eigenvalue weighted by Crippen LogP contribution is 2.29. The molecule has 0 bridgehead atoms. The van der Waals surface area contributed by atoms with Gasteiger partial charge in [0.2, 0.25) is 5.95 Å². The van der Waals surface area contributed by atoms with Gasteiger partial charge in [-0.2, -0.15) is 0 Å². The summed E-state index contributed by atoms with van der Waals surface area (Å²) in [6.45, 7) is 1.02. The molecule has 3 fully saturated rings. The fourth-order valence-corrected chi connectivity index (χ4v) is 5.11. The minimum absolute atomic E-state index is 0.00920. The predicted octanol–water partition coefficient (Wildman–Crippen LogP) is 3.03. The van der Waals surface area contributed by atoms with Crippen molar-refractivity contribution in [3.63, 3.8) is 0 Å². The molecule has 7 nitrogen and oxygen atoms in total. The maximum absolute atomic E-state index is 13.6. The van der Waals surface area contributed by atoms with E-state index >= 15 is 0 Å². The van der Waals surface area contributed by atoms with Crippen LogP contribution in [0, 0.1) is 5.82 Å². The lowest BCUT2D eigenvalue weighted by atomic mass is 9.96. The van der Waals surface area contributed by atoms with E-state index in [2.05, 4.69) is 25.9 Å². The zero-order valence-electron chi connectivity index (χ0n) is 17.8. The number of nitrogens with one attached hydrogen (secondary N) is 3. The molecule has 9 heteroatoms. The molecule has 32 heavy (non-hydrogen) atoms. The first-order valence-electron chi connectivity index (χ1n) is 11.3. The van der Waals surface area contributed by atoms with Gasteiger partial charge in [0.15, 0.2) is 5.11 Å². The number of thiocarbonyl (C=S) groups is 1. The second-order valence-corrected chi connectivity index (χ2v) is 9.09. The van der Waals surface area contributed by atoms with E-state index in [4.69, 9.17) is 21.7 Å². The number of ether oxygens (including phenoxy) is 2. The van der Waals surface area contributed by atoms with Gasteiger partial charge in [-0.05, 0) is 43.3 Å². The van der Waals surface area contributed by atoms with Crippen molar-refractivity contribution in [1.82, 2.24) is 20.6 Å². The van der Waals surface area contributed by atoms with Crippen molar-refractivity contribution in [3.8, 4) is 11.3 Å².